The number of nitrogens with zero attached hydrogens (tertiary/aromatic N) is 2. The van der Waals surface area contributed by atoms with Crippen LogP contribution in [0, 0.1) is 32.6 Å². The summed E-state index contributed by atoms with van der Waals surface area (Å²) in [5.41, 5.74) is 8.93. The van der Waals surface area contributed by atoms with Crippen molar-refractivity contribution in [3.63, 3.8) is 0 Å². The molecule has 2 aliphatic carbocycles. The molecule has 4 aromatic carbocycles. The molecule has 4 atom stereocenters. The SMILES string of the molecule is COc1cccc(C=C2CCC(CN(C)C)C2(O)Cc2cc(C)ccc2C)c1.COc1cccc(C=C2CCC(CN(C)C)C2(O)Cc2cccc(C)c2)c1. The van der Waals surface area contributed by atoms with Crippen LogP contribution in [0.25, 0.3) is 12.2 Å². The molecule has 4 aromatic rings. The molecule has 2 N–H and O–H groups in total. The minimum Gasteiger partial charge on any atom is -0.497 e. The Morgan fingerprint density at radius 3 is 1.60 bits per heavy atom. The topological polar surface area (TPSA) is 65.4 Å². The van der Waals surface area contributed by atoms with E-state index in [1.165, 1.54) is 27.8 Å². The third-order valence-corrected chi connectivity index (χ3v) is 11.5. The monoisotopic (exact) mass is 744 g/mol. The molecule has 2 saturated carbocycles. The standard InChI is InChI=1S/C25H33NO2.C24H31NO2/c1-18-9-10-19(2)21(13-18)16-25(27)22(11-12-23(25)17-26(3)4)14-20-7-6-8-24(15-20)28-5;1-18-7-5-9-20(13-18)16-24(26)21(11-12-22(24)17-25(2)3)14-19-8-6-10-23(15-19)27-4/h6-10,13-15,23,27H,11-12,16-17H2,1-5H3;5-10,13-15,22,26H,11-12,16-17H2,1-4H3. The fourth-order valence-electron chi connectivity index (χ4n) is 8.65. The van der Waals surface area contributed by atoms with Crippen molar-refractivity contribution in [3.8, 4) is 11.5 Å². The van der Waals surface area contributed by atoms with Gasteiger partial charge in [-0.25, -0.2) is 0 Å². The minimum absolute atomic E-state index is 0.222. The molecule has 6 heteroatoms. The lowest BCUT2D eigenvalue weighted by Crippen LogP contribution is -2.42. The van der Waals surface area contributed by atoms with E-state index in [-0.39, 0.29) is 11.8 Å². The minimum atomic E-state index is -0.827. The van der Waals surface area contributed by atoms with E-state index < -0.39 is 11.2 Å². The van der Waals surface area contributed by atoms with Crippen LogP contribution in [0.3, 0.4) is 0 Å². The fraction of sp³-hybridized carbons (Fsp3) is 0.429. The fourth-order valence-corrected chi connectivity index (χ4v) is 8.65. The van der Waals surface area contributed by atoms with E-state index in [4.69, 9.17) is 9.47 Å². The zero-order valence-corrected chi connectivity index (χ0v) is 34.7. The summed E-state index contributed by atoms with van der Waals surface area (Å²) < 4.78 is 10.7. The van der Waals surface area contributed by atoms with Crippen molar-refractivity contribution in [2.24, 2.45) is 11.8 Å². The van der Waals surface area contributed by atoms with Crippen LogP contribution in [-0.2, 0) is 12.8 Å². The summed E-state index contributed by atoms with van der Waals surface area (Å²) in [6.45, 7) is 8.13. The first kappa shape index (κ1) is 42.0. The van der Waals surface area contributed by atoms with Crippen molar-refractivity contribution in [1.82, 2.24) is 9.80 Å². The van der Waals surface area contributed by atoms with Gasteiger partial charge in [-0.2, -0.15) is 0 Å². The Labute approximate surface area is 331 Å². The van der Waals surface area contributed by atoms with Gasteiger partial charge in [0, 0.05) is 37.8 Å². The van der Waals surface area contributed by atoms with Gasteiger partial charge in [-0.1, -0.05) is 90.0 Å². The molecule has 4 unspecified atom stereocenters. The third kappa shape index (κ3) is 10.8. The van der Waals surface area contributed by atoms with Crippen LogP contribution in [0.1, 0.15) is 64.6 Å². The number of aliphatic hydroxyl groups is 2. The second-order valence-corrected chi connectivity index (χ2v) is 16.5. The Morgan fingerprint density at radius 2 is 1.11 bits per heavy atom. The highest BCUT2D eigenvalue weighted by Gasteiger charge is 2.46. The van der Waals surface area contributed by atoms with Crippen LogP contribution < -0.4 is 9.47 Å². The zero-order valence-electron chi connectivity index (χ0n) is 34.7. The molecular weight excluding hydrogens is 681 g/mol. The number of hydrogen-bond donors (Lipinski definition) is 2. The van der Waals surface area contributed by atoms with E-state index in [0.29, 0.717) is 12.8 Å². The number of benzene rings is 4. The Kier molecular flexibility index (Phi) is 14.2. The van der Waals surface area contributed by atoms with Gasteiger partial charge < -0.3 is 29.5 Å². The maximum absolute atomic E-state index is 12.0. The summed E-state index contributed by atoms with van der Waals surface area (Å²) in [6, 6.07) is 31.1. The molecule has 294 valence electrons. The number of hydrogen-bond acceptors (Lipinski definition) is 6. The van der Waals surface area contributed by atoms with Crippen LogP contribution in [0.5, 0.6) is 11.5 Å². The van der Waals surface area contributed by atoms with E-state index in [0.717, 1.165) is 72.5 Å². The molecule has 0 amide bonds. The molecule has 0 radical (unpaired) electrons. The zero-order chi connectivity index (χ0) is 39.8. The van der Waals surface area contributed by atoms with E-state index in [2.05, 4.69) is 126 Å². The molecule has 0 heterocycles. The van der Waals surface area contributed by atoms with Gasteiger partial charge in [0.05, 0.1) is 25.4 Å². The molecule has 6 nitrogen and oxygen atoms in total. The van der Waals surface area contributed by atoms with Gasteiger partial charge in [0.15, 0.2) is 0 Å². The Hall–Kier alpha value is -4.20. The predicted octanol–water partition coefficient (Wildman–Crippen LogP) is 8.97. The quantitative estimate of drug-likeness (QED) is 0.151. The number of aryl methyl sites for hydroxylation is 3. The van der Waals surface area contributed by atoms with Gasteiger partial charge in [-0.15, -0.1) is 0 Å². The maximum Gasteiger partial charge on any atom is 0.119 e. The van der Waals surface area contributed by atoms with Crippen LogP contribution in [0.15, 0.2) is 102 Å². The molecule has 2 aliphatic rings. The first-order valence-electron chi connectivity index (χ1n) is 19.8. The molecule has 2 fully saturated rings. The second kappa shape index (κ2) is 18.6. The molecular formula is C49H64N2O4. The van der Waals surface area contributed by atoms with Gasteiger partial charge in [-0.3, -0.25) is 0 Å². The first-order chi connectivity index (χ1) is 26.2. The number of ether oxygens (including phenoxy) is 2. The third-order valence-electron chi connectivity index (χ3n) is 11.5. The summed E-state index contributed by atoms with van der Waals surface area (Å²) in [5, 5.41) is 23.9. The molecule has 0 aromatic heterocycles. The smallest absolute Gasteiger partial charge is 0.119 e. The van der Waals surface area contributed by atoms with Gasteiger partial charge >= 0.3 is 0 Å². The van der Waals surface area contributed by atoms with Crippen molar-refractivity contribution >= 4 is 12.2 Å². The number of methoxy groups -OCH3 is 2. The van der Waals surface area contributed by atoms with Crippen LogP contribution in [0.2, 0.25) is 0 Å². The highest BCUT2D eigenvalue weighted by atomic mass is 16.5. The van der Waals surface area contributed by atoms with Gasteiger partial charge in [0.25, 0.3) is 0 Å². The van der Waals surface area contributed by atoms with E-state index in [1.54, 1.807) is 14.2 Å². The molecule has 0 aliphatic heterocycles. The predicted molar refractivity (Wildman–Crippen MR) is 229 cm³/mol. The second-order valence-electron chi connectivity index (χ2n) is 16.5. The van der Waals surface area contributed by atoms with E-state index >= 15 is 0 Å². The lowest BCUT2D eigenvalue weighted by molar-refractivity contribution is 0.0253. The summed E-state index contributed by atoms with van der Waals surface area (Å²) in [7, 11) is 11.7. The average Bonchev–Trinajstić information content (AvgIpc) is 3.59. The lowest BCUT2D eigenvalue weighted by Gasteiger charge is -2.34. The van der Waals surface area contributed by atoms with Crippen molar-refractivity contribution in [2.75, 3.05) is 55.5 Å². The summed E-state index contributed by atoms with van der Waals surface area (Å²) in [5.74, 6) is 2.13. The van der Waals surface area contributed by atoms with Gasteiger partial charge in [0.1, 0.15) is 11.5 Å². The van der Waals surface area contributed by atoms with E-state index in [1.807, 2.05) is 36.4 Å². The van der Waals surface area contributed by atoms with Crippen LogP contribution in [0.4, 0.5) is 0 Å². The lowest BCUT2D eigenvalue weighted by atomic mass is 9.80. The molecule has 0 spiro atoms. The van der Waals surface area contributed by atoms with Gasteiger partial charge in [0.2, 0.25) is 0 Å². The van der Waals surface area contributed by atoms with Crippen molar-refractivity contribution in [1.29, 1.82) is 0 Å². The average molecular weight is 745 g/mol. The molecule has 0 saturated heterocycles. The summed E-state index contributed by atoms with van der Waals surface area (Å²) in [6.07, 6.45) is 9.52. The van der Waals surface area contributed by atoms with Gasteiger partial charge in [-0.05, 0) is 138 Å². The summed E-state index contributed by atoms with van der Waals surface area (Å²) >= 11 is 0. The highest BCUT2D eigenvalue weighted by molar-refractivity contribution is 5.59. The number of rotatable bonds is 12. The molecule has 0 bridgehead atoms. The molecule has 55 heavy (non-hydrogen) atoms. The van der Waals surface area contributed by atoms with Crippen molar-refractivity contribution < 1.29 is 19.7 Å². The maximum atomic E-state index is 12.0. The Morgan fingerprint density at radius 1 is 0.618 bits per heavy atom. The van der Waals surface area contributed by atoms with Crippen molar-refractivity contribution in [2.45, 2.75) is 70.5 Å². The highest BCUT2D eigenvalue weighted by Crippen LogP contribution is 2.45. The van der Waals surface area contributed by atoms with E-state index in [9.17, 15) is 10.2 Å². The first-order valence-corrected chi connectivity index (χ1v) is 19.8. The summed E-state index contributed by atoms with van der Waals surface area (Å²) in [4.78, 5) is 4.37. The molecule has 6 rings (SSSR count). The normalized spacial score (nSPS) is 23.7. The van der Waals surface area contributed by atoms with Crippen molar-refractivity contribution in [3.05, 3.63) is 141 Å². The van der Waals surface area contributed by atoms with Crippen LogP contribution >= 0.6 is 0 Å². The van der Waals surface area contributed by atoms with Crippen LogP contribution in [-0.4, -0.2) is 86.7 Å². The Bertz CT molecular complexity index is 1950. The largest absolute Gasteiger partial charge is 0.497 e. The Balaban J connectivity index is 0.000000211.